The molecule has 0 atom stereocenters. The molecule has 5 nitrogen and oxygen atoms in total. The lowest BCUT2D eigenvalue weighted by Crippen LogP contribution is -2.25. The van der Waals surface area contributed by atoms with Gasteiger partial charge in [-0.3, -0.25) is 4.79 Å². The number of rotatable bonds is 5. The fourth-order valence-corrected chi connectivity index (χ4v) is 3.05. The summed E-state index contributed by atoms with van der Waals surface area (Å²) in [5, 5.41) is 3.88. The summed E-state index contributed by atoms with van der Waals surface area (Å²) in [5.41, 5.74) is 1.79. The van der Waals surface area contributed by atoms with Crippen LogP contribution in [-0.2, 0) is 12.6 Å². The Labute approximate surface area is 163 Å². The maximum Gasteiger partial charge on any atom is 0.416 e. The van der Waals surface area contributed by atoms with E-state index in [0.29, 0.717) is 18.5 Å². The normalized spacial score (nSPS) is 11.7. The number of nitrogens with one attached hydrogen (secondary N) is 2. The van der Waals surface area contributed by atoms with Gasteiger partial charge in [-0.05, 0) is 42.3 Å². The van der Waals surface area contributed by atoms with Crippen molar-refractivity contribution in [1.29, 1.82) is 0 Å². The molecule has 4 aromatic rings. The molecule has 0 aliphatic rings. The van der Waals surface area contributed by atoms with Crippen molar-refractivity contribution < 1.29 is 22.4 Å². The first-order chi connectivity index (χ1) is 13.9. The van der Waals surface area contributed by atoms with Gasteiger partial charge in [0.15, 0.2) is 5.69 Å². The molecule has 0 bridgehead atoms. The van der Waals surface area contributed by atoms with Crippen molar-refractivity contribution in [3.63, 3.8) is 0 Å². The Morgan fingerprint density at radius 3 is 2.62 bits per heavy atom. The van der Waals surface area contributed by atoms with Crippen LogP contribution in [0.4, 0.5) is 13.2 Å². The molecule has 2 aromatic heterocycles. The van der Waals surface area contributed by atoms with Gasteiger partial charge in [-0.25, -0.2) is 4.98 Å². The van der Waals surface area contributed by atoms with Gasteiger partial charge in [-0.2, -0.15) is 13.2 Å². The summed E-state index contributed by atoms with van der Waals surface area (Å²) in [7, 11) is 0. The van der Waals surface area contributed by atoms with E-state index in [1.54, 1.807) is 0 Å². The molecule has 29 heavy (non-hydrogen) atoms. The van der Waals surface area contributed by atoms with E-state index in [0.717, 1.165) is 28.6 Å². The summed E-state index contributed by atoms with van der Waals surface area (Å²) in [5.74, 6) is -0.327. The SMILES string of the molecule is O=C(NCCc1c[nH]c2ccccc12)c1coc(-c2ccc(C(F)(F)F)cc2)n1. The summed E-state index contributed by atoms with van der Waals surface area (Å²) in [6, 6.07) is 12.3. The number of hydrogen-bond acceptors (Lipinski definition) is 3. The second-order valence-electron chi connectivity index (χ2n) is 6.48. The molecule has 8 heteroatoms. The number of oxazole rings is 1. The predicted octanol–water partition coefficient (Wildman–Crippen LogP) is 4.81. The number of aromatic nitrogens is 2. The molecule has 0 aliphatic heterocycles. The lowest BCUT2D eigenvalue weighted by Gasteiger charge is -2.06. The monoisotopic (exact) mass is 399 g/mol. The van der Waals surface area contributed by atoms with Crippen LogP contribution < -0.4 is 5.32 Å². The third-order valence-electron chi connectivity index (χ3n) is 4.55. The first-order valence-electron chi connectivity index (χ1n) is 8.88. The van der Waals surface area contributed by atoms with Gasteiger partial charge in [0.2, 0.25) is 5.89 Å². The Kier molecular flexibility index (Phi) is 4.84. The van der Waals surface area contributed by atoms with Gasteiger partial charge in [-0.15, -0.1) is 0 Å². The number of aromatic amines is 1. The average Bonchev–Trinajstić information content (AvgIpc) is 3.35. The fourth-order valence-electron chi connectivity index (χ4n) is 3.05. The summed E-state index contributed by atoms with van der Waals surface area (Å²) >= 11 is 0. The number of hydrogen-bond donors (Lipinski definition) is 2. The quantitative estimate of drug-likeness (QED) is 0.506. The van der Waals surface area contributed by atoms with Crippen LogP contribution in [0.5, 0.6) is 0 Å². The zero-order valence-corrected chi connectivity index (χ0v) is 15.1. The average molecular weight is 399 g/mol. The van der Waals surface area contributed by atoms with Gasteiger partial charge >= 0.3 is 6.18 Å². The van der Waals surface area contributed by atoms with Crippen LogP contribution in [0, 0.1) is 0 Å². The molecule has 2 heterocycles. The lowest BCUT2D eigenvalue weighted by atomic mass is 10.1. The number of H-pyrrole nitrogens is 1. The highest BCUT2D eigenvalue weighted by molar-refractivity contribution is 5.92. The first-order valence-corrected chi connectivity index (χ1v) is 8.88. The predicted molar refractivity (Wildman–Crippen MR) is 101 cm³/mol. The van der Waals surface area contributed by atoms with E-state index >= 15 is 0 Å². The number of benzene rings is 2. The topological polar surface area (TPSA) is 70.9 Å². The number of alkyl halides is 3. The summed E-state index contributed by atoms with van der Waals surface area (Å²) in [6.07, 6.45) is -0.673. The van der Waals surface area contributed by atoms with Crippen LogP contribution in [0.15, 0.2) is 65.4 Å². The van der Waals surface area contributed by atoms with E-state index in [2.05, 4.69) is 15.3 Å². The van der Waals surface area contributed by atoms with E-state index in [1.807, 2.05) is 30.5 Å². The molecule has 2 aromatic carbocycles. The van der Waals surface area contributed by atoms with Gasteiger partial charge in [0.1, 0.15) is 6.26 Å². The molecule has 4 rings (SSSR count). The van der Waals surface area contributed by atoms with E-state index in [-0.39, 0.29) is 11.6 Å². The smallest absolute Gasteiger partial charge is 0.416 e. The Bertz CT molecular complexity index is 1140. The maximum atomic E-state index is 12.6. The molecule has 0 saturated carbocycles. The molecule has 0 unspecified atom stereocenters. The number of carbonyl (C=O) groups excluding carboxylic acids is 1. The molecule has 0 aliphatic carbocycles. The maximum absolute atomic E-state index is 12.6. The zero-order valence-electron chi connectivity index (χ0n) is 15.1. The van der Waals surface area contributed by atoms with Crippen molar-refractivity contribution in [3.8, 4) is 11.5 Å². The molecular weight excluding hydrogens is 383 g/mol. The van der Waals surface area contributed by atoms with Crippen molar-refractivity contribution in [2.75, 3.05) is 6.54 Å². The number of halogens is 3. The van der Waals surface area contributed by atoms with Crippen LogP contribution in [0.1, 0.15) is 21.6 Å². The van der Waals surface area contributed by atoms with E-state index in [1.165, 1.54) is 18.4 Å². The highest BCUT2D eigenvalue weighted by Crippen LogP contribution is 2.30. The Hall–Kier alpha value is -3.55. The molecule has 0 fully saturated rings. The fraction of sp³-hybridized carbons (Fsp3) is 0.143. The molecule has 148 valence electrons. The molecule has 0 spiro atoms. The van der Waals surface area contributed by atoms with Crippen LogP contribution >= 0.6 is 0 Å². The number of carbonyl (C=O) groups is 1. The molecule has 2 N–H and O–H groups in total. The van der Waals surface area contributed by atoms with Gasteiger partial charge in [-0.1, -0.05) is 18.2 Å². The Balaban J connectivity index is 1.38. The minimum absolute atomic E-state index is 0.0684. The second-order valence-corrected chi connectivity index (χ2v) is 6.48. The largest absolute Gasteiger partial charge is 0.444 e. The zero-order chi connectivity index (χ0) is 20.4. The number of para-hydroxylation sites is 1. The summed E-state index contributed by atoms with van der Waals surface area (Å²) in [6.45, 7) is 0.406. The summed E-state index contributed by atoms with van der Waals surface area (Å²) in [4.78, 5) is 19.5. The third kappa shape index (κ3) is 4.01. The standard InChI is InChI=1S/C21H16F3N3O2/c22-21(23,24)15-7-5-13(6-8-15)20-27-18(12-29-20)19(28)25-10-9-14-11-26-17-4-2-1-3-16(14)17/h1-8,11-12,26H,9-10H2,(H,25,28). The Morgan fingerprint density at radius 1 is 1.10 bits per heavy atom. The number of nitrogens with zero attached hydrogens (tertiary/aromatic N) is 1. The molecule has 0 radical (unpaired) electrons. The van der Waals surface area contributed by atoms with Crippen LogP contribution in [-0.4, -0.2) is 22.4 Å². The van der Waals surface area contributed by atoms with Crippen molar-refractivity contribution in [1.82, 2.24) is 15.3 Å². The van der Waals surface area contributed by atoms with Gasteiger partial charge in [0.05, 0.1) is 5.56 Å². The summed E-state index contributed by atoms with van der Waals surface area (Å²) < 4.78 is 43.2. The molecule has 1 amide bonds. The third-order valence-corrected chi connectivity index (χ3v) is 4.55. The van der Waals surface area contributed by atoms with Crippen molar-refractivity contribution in [3.05, 3.63) is 77.8 Å². The van der Waals surface area contributed by atoms with E-state index < -0.39 is 17.6 Å². The van der Waals surface area contributed by atoms with Crippen LogP contribution in [0.3, 0.4) is 0 Å². The minimum Gasteiger partial charge on any atom is -0.444 e. The molecule has 0 saturated heterocycles. The van der Waals surface area contributed by atoms with E-state index in [4.69, 9.17) is 4.42 Å². The number of fused-ring (bicyclic) bond motifs is 1. The highest BCUT2D eigenvalue weighted by Gasteiger charge is 2.30. The van der Waals surface area contributed by atoms with Crippen molar-refractivity contribution in [2.45, 2.75) is 12.6 Å². The first kappa shape index (κ1) is 18.8. The second kappa shape index (κ2) is 7.46. The lowest BCUT2D eigenvalue weighted by molar-refractivity contribution is -0.137. The number of amides is 1. The Morgan fingerprint density at radius 2 is 1.86 bits per heavy atom. The van der Waals surface area contributed by atoms with Gasteiger partial charge in [0.25, 0.3) is 5.91 Å². The molecular formula is C21H16F3N3O2. The van der Waals surface area contributed by atoms with E-state index in [9.17, 15) is 18.0 Å². The van der Waals surface area contributed by atoms with Gasteiger partial charge in [0, 0.05) is 29.2 Å². The van der Waals surface area contributed by atoms with Crippen molar-refractivity contribution >= 4 is 16.8 Å². The van der Waals surface area contributed by atoms with Crippen LogP contribution in [0.25, 0.3) is 22.4 Å². The van der Waals surface area contributed by atoms with Crippen molar-refractivity contribution in [2.24, 2.45) is 0 Å². The highest BCUT2D eigenvalue weighted by atomic mass is 19.4. The minimum atomic E-state index is -4.41. The van der Waals surface area contributed by atoms with Crippen LogP contribution in [0.2, 0.25) is 0 Å². The van der Waals surface area contributed by atoms with Gasteiger partial charge < -0.3 is 14.7 Å².